The molecule has 2 rings (SSSR count). The fraction of sp³-hybridized carbons (Fsp3) is 0.562. The Balaban J connectivity index is 2.16. The highest BCUT2D eigenvalue weighted by Gasteiger charge is 2.27. The molecule has 1 aliphatic rings. The molecule has 104 valence electrons. The lowest BCUT2D eigenvalue weighted by atomic mass is 10.1. The number of carbonyl (C=O) groups is 1. The van der Waals surface area contributed by atoms with Crippen LogP contribution >= 0.6 is 0 Å². The van der Waals surface area contributed by atoms with Gasteiger partial charge in [-0.05, 0) is 50.4 Å². The molecule has 0 aliphatic heterocycles. The number of hydrogen-bond acceptors (Lipinski definition) is 2. The average Bonchev–Trinajstić information content (AvgIpc) is 2.93. The Morgan fingerprint density at radius 1 is 1.37 bits per heavy atom. The fourth-order valence-corrected chi connectivity index (χ4v) is 2.80. The Bertz CT molecular complexity index is 425. The minimum Gasteiger partial charge on any atom is -0.330 e. The highest BCUT2D eigenvalue weighted by Crippen LogP contribution is 2.29. The first-order chi connectivity index (χ1) is 9.22. The van der Waals surface area contributed by atoms with Crippen LogP contribution in [0.4, 0.5) is 5.69 Å². The second-order valence-corrected chi connectivity index (χ2v) is 5.45. The summed E-state index contributed by atoms with van der Waals surface area (Å²) < 4.78 is 0. The second-order valence-electron chi connectivity index (χ2n) is 5.45. The molecule has 1 amide bonds. The quantitative estimate of drug-likeness (QED) is 0.885. The van der Waals surface area contributed by atoms with E-state index in [9.17, 15) is 4.79 Å². The third kappa shape index (κ3) is 3.57. The smallest absolute Gasteiger partial charge is 0.230 e. The van der Waals surface area contributed by atoms with E-state index in [4.69, 9.17) is 5.73 Å². The summed E-state index contributed by atoms with van der Waals surface area (Å²) in [6.45, 7) is 3.42. The maximum atomic E-state index is 12.6. The number of amides is 1. The van der Waals surface area contributed by atoms with Crippen LogP contribution in [-0.4, -0.2) is 19.0 Å². The van der Waals surface area contributed by atoms with E-state index in [-0.39, 0.29) is 11.8 Å². The van der Waals surface area contributed by atoms with Crippen molar-refractivity contribution in [2.45, 2.75) is 39.0 Å². The number of carbonyl (C=O) groups excluding carboxylic acids is 1. The number of hydrogen-bond donors (Lipinski definition) is 1. The van der Waals surface area contributed by atoms with E-state index in [2.05, 4.69) is 19.1 Å². The first-order valence-electron chi connectivity index (χ1n) is 7.30. The van der Waals surface area contributed by atoms with Gasteiger partial charge in [0.05, 0.1) is 0 Å². The third-order valence-electron chi connectivity index (χ3n) is 3.87. The van der Waals surface area contributed by atoms with Crippen molar-refractivity contribution in [2.24, 2.45) is 11.7 Å². The molecule has 0 bridgehead atoms. The minimum atomic E-state index is 0.221. The molecule has 0 spiro atoms. The maximum Gasteiger partial charge on any atom is 0.230 e. The Kier molecular flexibility index (Phi) is 4.97. The van der Waals surface area contributed by atoms with Gasteiger partial charge in [0.2, 0.25) is 5.91 Å². The monoisotopic (exact) mass is 260 g/mol. The molecule has 0 atom stereocenters. The topological polar surface area (TPSA) is 46.3 Å². The zero-order valence-electron chi connectivity index (χ0n) is 11.8. The van der Waals surface area contributed by atoms with E-state index in [1.807, 2.05) is 17.0 Å². The van der Waals surface area contributed by atoms with E-state index in [0.717, 1.165) is 31.5 Å². The van der Waals surface area contributed by atoms with Gasteiger partial charge in [-0.3, -0.25) is 4.79 Å². The second kappa shape index (κ2) is 6.71. The molecule has 0 saturated heterocycles. The van der Waals surface area contributed by atoms with Crippen LogP contribution in [0.3, 0.4) is 0 Å². The van der Waals surface area contributed by atoms with Crippen molar-refractivity contribution in [3.8, 4) is 0 Å². The van der Waals surface area contributed by atoms with Crippen LogP contribution in [0.25, 0.3) is 0 Å². The van der Waals surface area contributed by atoms with Crippen LogP contribution < -0.4 is 10.6 Å². The minimum absolute atomic E-state index is 0.221. The van der Waals surface area contributed by atoms with Gasteiger partial charge in [0.15, 0.2) is 0 Å². The normalized spacial score (nSPS) is 15.7. The van der Waals surface area contributed by atoms with Gasteiger partial charge >= 0.3 is 0 Å². The first kappa shape index (κ1) is 14.1. The third-order valence-corrected chi connectivity index (χ3v) is 3.87. The molecule has 0 aromatic heterocycles. The van der Waals surface area contributed by atoms with Crippen molar-refractivity contribution in [1.29, 1.82) is 0 Å². The van der Waals surface area contributed by atoms with Crippen molar-refractivity contribution in [2.75, 3.05) is 18.0 Å². The van der Waals surface area contributed by atoms with Gasteiger partial charge in [-0.15, -0.1) is 0 Å². The summed E-state index contributed by atoms with van der Waals surface area (Å²) in [6, 6.07) is 8.19. The van der Waals surface area contributed by atoms with E-state index >= 15 is 0 Å². The summed E-state index contributed by atoms with van der Waals surface area (Å²) in [7, 11) is 0. The molecule has 1 aromatic carbocycles. The summed E-state index contributed by atoms with van der Waals surface area (Å²) in [6.07, 6.45) is 5.32. The number of nitrogens with zero attached hydrogens (tertiary/aromatic N) is 1. The van der Waals surface area contributed by atoms with Gasteiger partial charge in [0.1, 0.15) is 0 Å². The summed E-state index contributed by atoms with van der Waals surface area (Å²) in [5.74, 6) is 0.509. The molecule has 0 unspecified atom stereocenters. The molecule has 0 radical (unpaired) electrons. The zero-order chi connectivity index (χ0) is 13.7. The zero-order valence-corrected chi connectivity index (χ0v) is 11.8. The van der Waals surface area contributed by atoms with Crippen molar-refractivity contribution >= 4 is 11.6 Å². The highest BCUT2D eigenvalue weighted by molar-refractivity contribution is 5.95. The molecule has 3 heteroatoms. The Hall–Kier alpha value is -1.35. The van der Waals surface area contributed by atoms with Crippen LogP contribution in [0.1, 0.15) is 37.7 Å². The van der Waals surface area contributed by atoms with E-state index in [1.165, 1.54) is 18.4 Å². The van der Waals surface area contributed by atoms with Crippen molar-refractivity contribution in [3.63, 3.8) is 0 Å². The molecule has 1 aliphatic carbocycles. The van der Waals surface area contributed by atoms with Crippen molar-refractivity contribution in [3.05, 3.63) is 29.8 Å². The molecule has 19 heavy (non-hydrogen) atoms. The van der Waals surface area contributed by atoms with E-state index in [1.54, 1.807) is 0 Å². The molecule has 3 nitrogen and oxygen atoms in total. The summed E-state index contributed by atoms with van der Waals surface area (Å²) >= 11 is 0. The Morgan fingerprint density at radius 3 is 2.74 bits per heavy atom. The van der Waals surface area contributed by atoms with Crippen LogP contribution in [0.15, 0.2) is 24.3 Å². The molecular formula is C16H24N2O. The lowest BCUT2D eigenvalue weighted by Crippen LogP contribution is -2.37. The van der Waals surface area contributed by atoms with Crippen LogP contribution in [0.5, 0.6) is 0 Å². The number of rotatable bonds is 5. The van der Waals surface area contributed by atoms with E-state index in [0.29, 0.717) is 6.54 Å². The average molecular weight is 260 g/mol. The molecule has 2 N–H and O–H groups in total. The predicted octanol–water partition coefficient (Wildman–Crippen LogP) is 2.87. The lowest BCUT2D eigenvalue weighted by molar-refractivity contribution is -0.122. The molecular weight excluding hydrogens is 236 g/mol. The first-order valence-corrected chi connectivity index (χ1v) is 7.30. The van der Waals surface area contributed by atoms with Gasteiger partial charge in [0.25, 0.3) is 0 Å². The Morgan fingerprint density at radius 2 is 2.11 bits per heavy atom. The van der Waals surface area contributed by atoms with Gasteiger partial charge in [-0.1, -0.05) is 25.0 Å². The van der Waals surface area contributed by atoms with Crippen molar-refractivity contribution in [1.82, 2.24) is 0 Å². The maximum absolute atomic E-state index is 12.6. The van der Waals surface area contributed by atoms with E-state index < -0.39 is 0 Å². The SMILES string of the molecule is Cc1cccc(N(CCCN)C(=O)C2CCCC2)c1. The lowest BCUT2D eigenvalue weighted by Gasteiger charge is -2.26. The molecule has 1 aromatic rings. The molecule has 1 saturated carbocycles. The number of aryl methyl sites for hydroxylation is 1. The number of anilines is 1. The van der Waals surface area contributed by atoms with Gasteiger partial charge in [-0.25, -0.2) is 0 Å². The summed E-state index contributed by atoms with van der Waals surface area (Å²) in [5, 5.41) is 0. The molecule has 1 fully saturated rings. The van der Waals surface area contributed by atoms with Gasteiger partial charge in [0, 0.05) is 18.2 Å². The summed E-state index contributed by atoms with van der Waals surface area (Å²) in [5.41, 5.74) is 7.81. The highest BCUT2D eigenvalue weighted by atomic mass is 16.2. The van der Waals surface area contributed by atoms with Crippen LogP contribution in [-0.2, 0) is 4.79 Å². The summed E-state index contributed by atoms with van der Waals surface area (Å²) in [4.78, 5) is 14.6. The van der Waals surface area contributed by atoms with Crippen LogP contribution in [0.2, 0.25) is 0 Å². The van der Waals surface area contributed by atoms with Gasteiger partial charge < -0.3 is 10.6 Å². The molecule has 0 heterocycles. The van der Waals surface area contributed by atoms with Gasteiger partial charge in [-0.2, -0.15) is 0 Å². The standard InChI is InChI=1S/C16H24N2O/c1-13-6-4-9-15(12-13)18(11-5-10-17)16(19)14-7-2-3-8-14/h4,6,9,12,14H,2-3,5,7-8,10-11,17H2,1H3. The fourth-order valence-electron chi connectivity index (χ4n) is 2.80. The van der Waals surface area contributed by atoms with Crippen molar-refractivity contribution < 1.29 is 4.79 Å². The number of benzene rings is 1. The van der Waals surface area contributed by atoms with Crippen LogP contribution in [0, 0.1) is 12.8 Å². The largest absolute Gasteiger partial charge is 0.330 e. The predicted molar refractivity (Wildman–Crippen MR) is 79.2 cm³/mol. The Labute approximate surface area is 115 Å². The number of nitrogens with two attached hydrogens (primary N) is 1.